The van der Waals surface area contributed by atoms with Gasteiger partial charge in [-0.1, -0.05) is 11.2 Å². The molecule has 0 spiro atoms. The van der Waals surface area contributed by atoms with E-state index in [9.17, 15) is 14.4 Å². The van der Waals surface area contributed by atoms with Crippen molar-refractivity contribution in [1.82, 2.24) is 10.1 Å². The molecule has 3 aromatic rings. The average Bonchev–Trinajstić information content (AvgIpc) is 3.29. The van der Waals surface area contributed by atoms with Gasteiger partial charge < -0.3 is 19.9 Å². The van der Waals surface area contributed by atoms with Crippen LogP contribution in [0.15, 0.2) is 40.2 Å². The van der Waals surface area contributed by atoms with Crippen LogP contribution in [0.2, 0.25) is 0 Å². The van der Waals surface area contributed by atoms with E-state index in [2.05, 4.69) is 20.8 Å². The molecule has 28 heavy (non-hydrogen) atoms. The van der Waals surface area contributed by atoms with Crippen molar-refractivity contribution in [2.75, 3.05) is 10.6 Å². The second-order valence-corrected chi connectivity index (χ2v) is 6.67. The summed E-state index contributed by atoms with van der Waals surface area (Å²) in [5.41, 5.74) is 0.847. The molecule has 144 valence electrons. The standard InChI is InChI=1S/C18H16N4O5S/c1-10(23)19-13-6-12(7-14(8-13)20-11(2)24)18(25)26-9-16-21-17(22-27-16)15-4-3-5-28-15/h3-8H,9H2,1-2H3,(H,19,23)(H,20,24). The third-order valence-corrected chi connectivity index (χ3v) is 4.21. The largest absolute Gasteiger partial charge is 0.452 e. The minimum absolute atomic E-state index is 0.146. The van der Waals surface area contributed by atoms with E-state index in [1.807, 2.05) is 17.5 Å². The Morgan fingerprint density at radius 1 is 1.11 bits per heavy atom. The normalized spacial score (nSPS) is 10.4. The maximum absolute atomic E-state index is 12.4. The Kier molecular flexibility index (Phi) is 5.80. The van der Waals surface area contributed by atoms with Crippen molar-refractivity contribution in [2.45, 2.75) is 20.5 Å². The first-order valence-electron chi connectivity index (χ1n) is 8.14. The van der Waals surface area contributed by atoms with E-state index in [0.717, 1.165) is 4.88 Å². The molecule has 0 fully saturated rings. The molecule has 0 saturated carbocycles. The smallest absolute Gasteiger partial charge is 0.338 e. The van der Waals surface area contributed by atoms with E-state index in [1.54, 1.807) is 0 Å². The number of nitrogens with one attached hydrogen (secondary N) is 2. The number of esters is 1. The van der Waals surface area contributed by atoms with Gasteiger partial charge in [0, 0.05) is 25.2 Å². The fourth-order valence-electron chi connectivity index (χ4n) is 2.33. The quantitative estimate of drug-likeness (QED) is 0.609. The van der Waals surface area contributed by atoms with Gasteiger partial charge in [-0.15, -0.1) is 11.3 Å². The van der Waals surface area contributed by atoms with Crippen molar-refractivity contribution in [1.29, 1.82) is 0 Å². The summed E-state index contributed by atoms with van der Waals surface area (Å²) in [7, 11) is 0. The minimum atomic E-state index is -0.672. The Morgan fingerprint density at radius 2 is 1.79 bits per heavy atom. The Labute approximate surface area is 163 Å². The van der Waals surface area contributed by atoms with Gasteiger partial charge in [0.1, 0.15) is 0 Å². The highest BCUT2D eigenvalue weighted by atomic mass is 32.1. The highest BCUT2D eigenvalue weighted by molar-refractivity contribution is 7.13. The summed E-state index contributed by atoms with van der Waals surface area (Å²) in [5, 5.41) is 10.9. The number of benzene rings is 1. The van der Waals surface area contributed by atoms with Crippen LogP contribution in [0.3, 0.4) is 0 Å². The Bertz CT molecular complexity index is 979. The van der Waals surface area contributed by atoms with Crippen LogP contribution in [0.5, 0.6) is 0 Å². The second kappa shape index (κ2) is 8.44. The molecule has 0 bridgehead atoms. The zero-order valence-electron chi connectivity index (χ0n) is 15.0. The fraction of sp³-hybridized carbons (Fsp3) is 0.167. The Morgan fingerprint density at radius 3 is 2.36 bits per heavy atom. The highest BCUT2D eigenvalue weighted by Gasteiger charge is 2.15. The molecule has 2 heterocycles. The molecule has 1 aromatic carbocycles. The van der Waals surface area contributed by atoms with E-state index >= 15 is 0 Å². The van der Waals surface area contributed by atoms with Crippen molar-refractivity contribution in [3.63, 3.8) is 0 Å². The Balaban J connectivity index is 1.72. The summed E-state index contributed by atoms with van der Waals surface area (Å²) in [6.45, 7) is 2.46. The lowest BCUT2D eigenvalue weighted by molar-refractivity contribution is -0.115. The number of amides is 2. The molecule has 2 N–H and O–H groups in total. The molecule has 3 rings (SSSR count). The molecule has 0 aliphatic rings. The average molecular weight is 400 g/mol. The topological polar surface area (TPSA) is 123 Å². The lowest BCUT2D eigenvalue weighted by Crippen LogP contribution is -2.12. The van der Waals surface area contributed by atoms with Gasteiger partial charge in [0.25, 0.3) is 5.89 Å². The number of anilines is 2. The van der Waals surface area contributed by atoms with Gasteiger partial charge in [0.15, 0.2) is 6.61 Å². The van der Waals surface area contributed by atoms with Gasteiger partial charge in [-0.25, -0.2) is 4.79 Å². The molecular formula is C18H16N4O5S. The number of aromatic nitrogens is 2. The van der Waals surface area contributed by atoms with Crippen LogP contribution in [-0.4, -0.2) is 27.9 Å². The molecule has 0 radical (unpaired) electrons. The predicted octanol–water partition coefficient (Wildman–Crippen LogP) is 3.07. The molecule has 0 aliphatic heterocycles. The summed E-state index contributed by atoms with van der Waals surface area (Å²) in [6, 6.07) is 8.14. The number of ether oxygens (including phenoxy) is 1. The Hall–Kier alpha value is -3.53. The number of carbonyl (C=O) groups is 3. The number of hydrogen-bond donors (Lipinski definition) is 2. The molecule has 0 saturated heterocycles. The molecule has 2 amide bonds. The SMILES string of the molecule is CC(=O)Nc1cc(NC(C)=O)cc(C(=O)OCc2nc(-c3cccs3)no2)c1. The first-order valence-corrected chi connectivity index (χ1v) is 9.02. The zero-order chi connectivity index (χ0) is 20.1. The molecule has 2 aromatic heterocycles. The van der Waals surface area contributed by atoms with E-state index in [-0.39, 0.29) is 29.9 Å². The van der Waals surface area contributed by atoms with Crippen molar-refractivity contribution in [3.8, 4) is 10.7 Å². The first kappa shape index (κ1) is 19.2. The van der Waals surface area contributed by atoms with Gasteiger partial charge in [0.05, 0.1) is 10.4 Å². The third kappa shape index (κ3) is 5.01. The molecule has 9 nitrogen and oxygen atoms in total. The molecule has 0 atom stereocenters. The molecule has 0 unspecified atom stereocenters. The fourth-order valence-corrected chi connectivity index (χ4v) is 2.98. The maximum Gasteiger partial charge on any atom is 0.338 e. The number of nitrogens with zero attached hydrogens (tertiary/aromatic N) is 2. The van der Waals surface area contributed by atoms with Crippen LogP contribution in [0.25, 0.3) is 10.7 Å². The number of carbonyl (C=O) groups excluding carboxylic acids is 3. The van der Waals surface area contributed by atoms with Gasteiger partial charge in [-0.3, -0.25) is 9.59 Å². The van der Waals surface area contributed by atoms with E-state index in [1.165, 1.54) is 43.4 Å². The summed E-state index contributed by atoms with van der Waals surface area (Å²) in [4.78, 5) is 40.0. The van der Waals surface area contributed by atoms with Crippen LogP contribution >= 0.6 is 11.3 Å². The summed E-state index contributed by atoms with van der Waals surface area (Å²) >= 11 is 1.46. The van der Waals surface area contributed by atoms with E-state index in [0.29, 0.717) is 17.2 Å². The van der Waals surface area contributed by atoms with Gasteiger partial charge >= 0.3 is 5.97 Å². The number of hydrogen-bond acceptors (Lipinski definition) is 8. The van der Waals surface area contributed by atoms with E-state index in [4.69, 9.17) is 9.26 Å². The van der Waals surface area contributed by atoms with Crippen molar-refractivity contribution in [2.24, 2.45) is 0 Å². The van der Waals surface area contributed by atoms with Crippen LogP contribution in [-0.2, 0) is 20.9 Å². The summed E-state index contributed by atoms with van der Waals surface area (Å²) in [6.07, 6.45) is 0. The summed E-state index contributed by atoms with van der Waals surface area (Å²) in [5.74, 6) is -0.731. The van der Waals surface area contributed by atoms with E-state index < -0.39 is 5.97 Å². The number of thiophene rings is 1. The second-order valence-electron chi connectivity index (χ2n) is 5.73. The predicted molar refractivity (Wildman–Crippen MR) is 102 cm³/mol. The summed E-state index contributed by atoms with van der Waals surface area (Å²) < 4.78 is 10.3. The maximum atomic E-state index is 12.4. The van der Waals surface area contributed by atoms with Crippen LogP contribution in [0, 0.1) is 0 Å². The lowest BCUT2D eigenvalue weighted by atomic mass is 10.1. The van der Waals surface area contributed by atoms with Gasteiger partial charge in [0.2, 0.25) is 17.6 Å². The molecule has 0 aliphatic carbocycles. The monoisotopic (exact) mass is 400 g/mol. The minimum Gasteiger partial charge on any atom is -0.452 e. The number of rotatable bonds is 6. The van der Waals surface area contributed by atoms with Crippen LogP contribution in [0.4, 0.5) is 11.4 Å². The van der Waals surface area contributed by atoms with Gasteiger partial charge in [-0.2, -0.15) is 4.98 Å². The van der Waals surface area contributed by atoms with Crippen LogP contribution in [0.1, 0.15) is 30.1 Å². The molecule has 10 heteroatoms. The third-order valence-electron chi connectivity index (χ3n) is 3.35. The lowest BCUT2D eigenvalue weighted by Gasteiger charge is -2.10. The zero-order valence-corrected chi connectivity index (χ0v) is 15.8. The van der Waals surface area contributed by atoms with Gasteiger partial charge in [-0.05, 0) is 29.6 Å². The van der Waals surface area contributed by atoms with Crippen molar-refractivity contribution < 1.29 is 23.6 Å². The first-order chi connectivity index (χ1) is 13.4. The van der Waals surface area contributed by atoms with Crippen molar-refractivity contribution >= 4 is 40.5 Å². The molecular weight excluding hydrogens is 384 g/mol. The van der Waals surface area contributed by atoms with Crippen molar-refractivity contribution in [3.05, 3.63) is 47.2 Å². The highest BCUT2D eigenvalue weighted by Crippen LogP contribution is 2.22. The van der Waals surface area contributed by atoms with Crippen LogP contribution < -0.4 is 10.6 Å².